The van der Waals surface area contributed by atoms with Gasteiger partial charge in [-0.3, -0.25) is 0 Å². The van der Waals surface area contributed by atoms with Gasteiger partial charge in [-0.25, -0.2) is 4.98 Å². The summed E-state index contributed by atoms with van der Waals surface area (Å²) in [5.74, 6) is 1.10. The molecule has 2 N–H and O–H groups in total. The van der Waals surface area contributed by atoms with Gasteiger partial charge in [0, 0.05) is 24.5 Å². The highest BCUT2D eigenvalue weighted by Gasteiger charge is 2.36. The van der Waals surface area contributed by atoms with Crippen LogP contribution in [-0.4, -0.2) is 15.1 Å². The fourth-order valence-corrected chi connectivity index (χ4v) is 1.65. The van der Waals surface area contributed by atoms with E-state index in [1.54, 1.807) is 0 Å². The molecule has 0 atom stereocenters. The standard InChI is InChI=1S/C10H17N3/c1-9-12-6-8-13(9)7-2-3-10(11)4-5-10/h6,8H,2-5,7,11H2,1H3. The zero-order valence-corrected chi connectivity index (χ0v) is 8.16. The predicted molar refractivity (Wildman–Crippen MR) is 52.4 cm³/mol. The van der Waals surface area contributed by atoms with E-state index in [9.17, 15) is 0 Å². The Morgan fingerprint density at radius 1 is 1.62 bits per heavy atom. The average molecular weight is 179 g/mol. The van der Waals surface area contributed by atoms with E-state index in [4.69, 9.17) is 5.73 Å². The van der Waals surface area contributed by atoms with E-state index in [0.717, 1.165) is 18.8 Å². The fourth-order valence-electron chi connectivity index (χ4n) is 1.65. The molecular formula is C10H17N3. The first-order valence-corrected chi connectivity index (χ1v) is 4.96. The van der Waals surface area contributed by atoms with Crippen molar-refractivity contribution in [2.24, 2.45) is 5.73 Å². The van der Waals surface area contributed by atoms with Crippen molar-refractivity contribution in [2.45, 2.75) is 44.7 Å². The summed E-state index contributed by atoms with van der Waals surface area (Å²) in [7, 11) is 0. The van der Waals surface area contributed by atoms with Crippen molar-refractivity contribution >= 4 is 0 Å². The Balaban J connectivity index is 1.77. The Kier molecular flexibility index (Phi) is 2.12. The lowest BCUT2D eigenvalue weighted by atomic mass is 10.1. The lowest BCUT2D eigenvalue weighted by Crippen LogP contribution is -2.21. The third kappa shape index (κ3) is 2.10. The molecule has 1 heterocycles. The van der Waals surface area contributed by atoms with Crippen molar-refractivity contribution in [3.63, 3.8) is 0 Å². The number of nitrogens with two attached hydrogens (primary N) is 1. The van der Waals surface area contributed by atoms with Crippen LogP contribution in [0.1, 0.15) is 31.5 Å². The summed E-state index contributed by atoms with van der Waals surface area (Å²) in [6.07, 6.45) is 8.65. The maximum absolute atomic E-state index is 6.00. The second-order valence-electron chi connectivity index (χ2n) is 4.13. The van der Waals surface area contributed by atoms with Crippen LogP contribution in [0.4, 0.5) is 0 Å². The molecule has 1 saturated carbocycles. The van der Waals surface area contributed by atoms with Crippen LogP contribution in [0.5, 0.6) is 0 Å². The van der Waals surface area contributed by atoms with Gasteiger partial charge in [-0.05, 0) is 32.6 Å². The molecule has 0 unspecified atom stereocenters. The summed E-state index contributed by atoms with van der Waals surface area (Å²) in [4.78, 5) is 4.18. The first-order chi connectivity index (χ1) is 6.20. The molecule has 0 saturated heterocycles. The molecule has 1 aliphatic rings. The van der Waals surface area contributed by atoms with Crippen LogP contribution in [0, 0.1) is 6.92 Å². The van der Waals surface area contributed by atoms with E-state index >= 15 is 0 Å². The van der Waals surface area contributed by atoms with Gasteiger partial charge in [-0.15, -0.1) is 0 Å². The second kappa shape index (κ2) is 3.14. The molecule has 0 amide bonds. The van der Waals surface area contributed by atoms with E-state index in [-0.39, 0.29) is 5.54 Å². The molecule has 3 heteroatoms. The van der Waals surface area contributed by atoms with Gasteiger partial charge in [0.25, 0.3) is 0 Å². The first kappa shape index (κ1) is 8.75. The minimum absolute atomic E-state index is 0.203. The van der Waals surface area contributed by atoms with Crippen molar-refractivity contribution < 1.29 is 0 Å². The topological polar surface area (TPSA) is 43.8 Å². The van der Waals surface area contributed by atoms with Gasteiger partial charge in [0.05, 0.1) is 0 Å². The van der Waals surface area contributed by atoms with E-state index in [2.05, 4.69) is 9.55 Å². The minimum Gasteiger partial charge on any atom is -0.335 e. The summed E-state index contributed by atoms with van der Waals surface area (Å²) >= 11 is 0. The normalized spacial score (nSPS) is 18.9. The number of aryl methyl sites for hydroxylation is 2. The number of hydrogen-bond donors (Lipinski definition) is 1. The van der Waals surface area contributed by atoms with Gasteiger partial charge in [-0.1, -0.05) is 0 Å². The first-order valence-electron chi connectivity index (χ1n) is 4.96. The molecule has 0 radical (unpaired) electrons. The van der Waals surface area contributed by atoms with Crippen molar-refractivity contribution in [1.82, 2.24) is 9.55 Å². The number of nitrogens with zero attached hydrogens (tertiary/aromatic N) is 2. The van der Waals surface area contributed by atoms with Gasteiger partial charge in [0.15, 0.2) is 0 Å². The van der Waals surface area contributed by atoms with Crippen LogP contribution < -0.4 is 5.73 Å². The predicted octanol–water partition coefficient (Wildman–Crippen LogP) is 1.46. The van der Waals surface area contributed by atoms with Gasteiger partial charge in [0.2, 0.25) is 0 Å². The number of aromatic nitrogens is 2. The van der Waals surface area contributed by atoms with Gasteiger partial charge in [-0.2, -0.15) is 0 Å². The Morgan fingerprint density at radius 2 is 2.38 bits per heavy atom. The van der Waals surface area contributed by atoms with Crippen molar-refractivity contribution in [3.8, 4) is 0 Å². The molecule has 0 bridgehead atoms. The zero-order chi connectivity index (χ0) is 9.31. The highest BCUT2D eigenvalue weighted by Crippen LogP contribution is 2.36. The molecule has 72 valence electrons. The van der Waals surface area contributed by atoms with Crippen LogP contribution in [0.25, 0.3) is 0 Å². The third-order valence-corrected chi connectivity index (χ3v) is 2.89. The van der Waals surface area contributed by atoms with Crippen LogP contribution >= 0.6 is 0 Å². The van der Waals surface area contributed by atoms with E-state index in [0.29, 0.717) is 0 Å². The maximum Gasteiger partial charge on any atom is 0.105 e. The van der Waals surface area contributed by atoms with Gasteiger partial charge >= 0.3 is 0 Å². The van der Waals surface area contributed by atoms with Gasteiger partial charge in [0.1, 0.15) is 5.82 Å². The zero-order valence-electron chi connectivity index (χ0n) is 8.16. The minimum atomic E-state index is 0.203. The quantitative estimate of drug-likeness (QED) is 0.760. The Hall–Kier alpha value is -0.830. The molecule has 1 fully saturated rings. The van der Waals surface area contributed by atoms with E-state index < -0.39 is 0 Å². The van der Waals surface area contributed by atoms with E-state index in [1.165, 1.54) is 19.3 Å². The molecular weight excluding hydrogens is 162 g/mol. The largest absolute Gasteiger partial charge is 0.335 e. The highest BCUT2D eigenvalue weighted by atomic mass is 15.0. The third-order valence-electron chi connectivity index (χ3n) is 2.89. The Bertz CT molecular complexity index is 286. The van der Waals surface area contributed by atoms with Crippen molar-refractivity contribution in [1.29, 1.82) is 0 Å². The number of hydrogen-bond acceptors (Lipinski definition) is 2. The summed E-state index contributed by atoms with van der Waals surface area (Å²) < 4.78 is 2.19. The molecule has 1 aromatic rings. The second-order valence-corrected chi connectivity index (χ2v) is 4.13. The smallest absolute Gasteiger partial charge is 0.105 e. The van der Waals surface area contributed by atoms with Gasteiger partial charge < -0.3 is 10.3 Å². The van der Waals surface area contributed by atoms with Crippen molar-refractivity contribution in [3.05, 3.63) is 18.2 Å². The summed E-state index contributed by atoms with van der Waals surface area (Å²) in [5.41, 5.74) is 6.20. The molecule has 2 rings (SSSR count). The van der Waals surface area contributed by atoms with E-state index in [1.807, 2.05) is 19.3 Å². The summed E-state index contributed by atoms with van der Waals surface area (Å²) in [6.45, 7) is 3.10. The molecule has 0 spiro atoms. The Morgan fingerprint density at radius 3 is 2.92 bits per heavy atom. The summed E-state index contributed by atoms with van der Waals surface area (Å²) in [5, 5.41) is 0. The number of imidazole rings is 1. The lowest BCUT2D eigenvalue weighted by Gasteiger charge is -2.09. The molecule has 1 aromatic heterocycles. The number of rotatable bonds is 4. The van der Waals surface area contributed by atoms with Crippen LogP contribution in [0.3, 0.4) is 0 Å². The molecule has 1 aliphatic carbocycles. The molecule has 0 aliphatic heterocycles. The molecule has 13 heavy (non-hydrogen) atoms. The Labute approximate surface area is 79.0 Å². The van der Waals surface area contributed by atoms with Crippen LogP contribution in [-0.2, 0) is 6.54 Å². The molecule has 3 nitrogen and oxygen atoms in total. The lowest BCUT2D eigenvalue weighted by molar-refractivity contribution is 0.521. The van der Waals surface area contributed by atoms with Crippen LogP contribution in [0.15, 0.2) is 12.4 Å². The highest BCUT2D eigenvalue weighted by molar-refractivity contribution is 4.98. The van der Waals surface area contributed by atoms with Crippen molar-refractivity contribution in [2.75, 3.05) is 0 Å². The SMILES string of the molecule is Cc1nccn1CCCC1(N)CC1. The monoisotopic (exact) mass is 179 g/mol. The fraction of sp³-hybridized carbons (Fsp3) is 0.700. The maximum atomic E-state index is 6.00. The average Bonchev–Trinajstić information content (AvgIpc) is 2.68. The summed E-state index contributed by atoms with van der Waals surface area (Å²) in [6, 6.07) is 0. The van der Waals surface area contributed by atoms with Crippen LogP contribution in [0.2, 0.25) is 0 Å². The molecule has 0 aromatic carbocycles.